The van der Waals surface area contributed by atoms with Gasteiger partial charge in [0.25, 0.3) is 5.91 Å². The van der Waals surface area contributed by atoms with Crippen LogP contribution < -0.4 is 5.32 Å². The molecule has 1 aliphatic heterocycles. The highest BCUT2D eigenvalue weighted by Gasteiger charge is 2.26. The van der Waals surface area contributed by atoms with Gasteiger partial charge in [-0.3, -0.25) is 14.5 Å². The molecule has 0 bridgehead atoms. The number of carbonyl (C=O) groups excluding carboxylic acids is 2. The van der Waals surface area contributed by atoms with E-state index in [1.54, 1.807) is 30.9 Å². The Bertz CT molecular complexity index is 801. The highest BCUT2D eigenvalue weighted by Crippen LogP contribution is 2.16. The first-order chi connectivity index (χ1) is 12.9. The molecule has 27 heavy (non-hydrogen) atoms. The van der Waals surface area contributed by atoms with Crippen LogP contribution in [0.5, 0.6) is 0 Å². The second-order valence-corrected chi connectivity index (χ2v) is 6.97. The topological polar surface area (TPSA) is 91.6 Å². The maximum absolute atomic E-state index is 12.8. The van der Waals surface area contributed by atoms with Crippen molar-refractivity contribution in [1.82, 2.24) is 19.9 Å². The van der Waals surface area contributed by atoms with Crippen LogP contribution in [0.3, 0.4) is 0 Å². The van der Waals surface area contributed by atoms with Crippen molar-refractivity contribution in [3.63, 3.8) is 0 Å². The fourth-order valence-electron chi connectivity index (χ4n) is 3.11. The third-order valence-electron chi connectivity index (χ3n) is 4.49. The number of rotatable bonds is 4. The summed E-state index contributed by atoms with van der Waals surface area (Å²) in [4.78, 5) is 32.9. The van der Waals surface area contributed by atoms with Gasteiger partial charge in [0, 0.05) is 32.4 Å². The van der Waals surface area contributed by atoms with Gasteiger partial charge in [0.15, 0.2) is 0 Å². The minimum absolute atomic E-state index is 0.0667. The molecule has 0 atom stereocenters. The van der Waals surface area contributed by atoms with E-state index in [4.69, 9.17) is 16.1 Å². The van der Waals surface area contributed by atoms with E-state index in [1.807, 2.05) is 4.90 Å². The maximum Gasteiger partial charge on any atom is 0.259 e. The molecule has 2 aromatic heterocycles. The monoisotopic (exact) mass is 391 g/mol. The Morgan fingerprint density at radius 3 is 2.70 bits per heavy atom. The van der Waals surface area contributed by atoms with Crippen molar-refractivity contribution >= 4 is 29.2 Å². The summed E-state index contributed by atoms with van der Waals surface area (Å²) in [6, 6.07) is 3.33. The van der Waals surface area contributed by atoms with Crippen molar-refractivity contribution in [3.8, 4) is 0 Å². The van der Waals surface area contributed by atoms with Crippen LogP contribution in [0.25, 0.3) is 0 Å². The fraction of sp³-hybridized carbons (Fsp3) is 0.444. The van der Waals surface area contributed by atoms with Crippen LogP contribution >= 0.6 is 11.6 Å². The molecule has 2 aromatic rings. The molecule has 3 rings (SSSR count). The third kappa shape index (κ3) is 4.84. The van der Waals surface area contributed by atoms with Crippen LogP contribution in [-0.2, 0) is 4.79 Å². The lowest BCUT2D eigenvalue weighted by Crippen LogP contribution is -2.38. The lowest BCUT2D eigenvalue weighted by atomic mass is 10.1. The third-order valence-corrected chi connectivity index (χ3v) is 4.71. The average molecular weight is 392 g/mol. The molecule has 3 heterocycles. The Morgan fingerprint density at radius 2 is 2.04 bits per heavy atom. The highest BCUT2D eigenvalue weighted by molar-refractivity contribution is 6.30. The molecule has 9 heteroatoms. The Hall–Kier alpha value is -2.45. The van der Waals surface area contributed by atoms with E-state index < -0.39 is 0 Å². The van der Waals surface area contributed by atoms with E-state index in [1.165, 1.54) is 6.20 Å². The van der Waals surface area contributed by atoms with Gasteiger partial charge >= 0.3 is 0 Å². The Balaban J connectivity index is 1.54. The Labute approximate surface area is 162 Å². The average Bonchev–Trinajstić information content (AvgIpc) is 2.83. The van der Waals surface area contributed by atoms with E-state index in [0.717, 1.165) is 13.0 Å². The number of aryl methyl sites for hydroxylation is 2. The quantitative estimate of drug-likeness (QED) is 0.858. The van der Waals surface area contributed by atoms with Crippen molar-refractivity contribution in [1.29, 1.82) is 0 Å². The molecule has 0 aliphatic carbocycles. The molecule has 0 radical (unpaired) electrons. The number of nitrogens with zero attached hydrogens (tertiary/aromatic N) is 4. The first-order valence-electron chi connectivity index (χ1n) is 8.80. The zero-order valence-corrected chi connectivity index (χ0v) is 16.1. The molecule has 0 saturated carbocycles. The normalized spacial score (nSPS) is 15.4. The van der Waals surface area contributed by atoms with Gasteiger partial charge < -0.3 is 14.7 Å². The zero-order valence-electron chi connectivity index (χ0n) is 15.4. The van der Waals surface area contributed by atoms with Crippen LogP contribution in [0.2, 0.25) is 5.02 Å². The largest absolute Gasteiger partial charge is 0.361 e. The Morgan fingerprint density at radius 1 is 1.22 bits per heavy atom. The molecule has 1 N–H and O–H groups in total. The van der Waals surface area contributed by atoms with Crippen LogP contribution in [-0.4, -0.2) is 64.5 Å². The highest BCUT2D eigenvalue weighted by atomic mass is 35.5. The smallest absolute Gasteiger partial charge is 0.259 e. The van der Waals surface area contributed by atoms with E-state index in [-0.39, 0.29) is 18.4 Å². The minimum Gasteiger partial charge on any atom is -0.361 e. The SMILES string of the molecule is Cc1noc(C)c1C(=O)N1CCCN(CC(=O)Nc2ccc(Cl)cn2)CC1. The molecule has 8 nitrogen and oxygen atoms in total. The van der Waals surface area contributed by atoms with Crippen molar-refractivity contribution in [2.24, 2.45) is 0 Å². The zero-order chi connectivity index (χ0) is 19.4. The predicted octanol–water partition coefficient (Wildman–Crippen LogP) is 2.13. The standard InChI is InChI=1S/C18H22ClN5O3/c1-12-17(13(2)27-22-12)18(26)24-7-3-6-23(8-9-24)11-16(25)21-15-5-4-14(19)10-20-15/h4-5,10H,3,6-9,11H2,1-2H3,(H,20,21,25). The van der Waals surface area contributed by atoms with Crippen LogP contribution in [0.4, 0.5) is 5.82 Å². The molecule has 1 saturated heterocycles. The van der Waals surface area contributed by atoms with Gasteiger partial charge in [0.2, 0.25) is 5.91 Å². The number of carbonyl (C=O) groups is 2. The number of halogens is 1. The van der Waals surface area contributed by atoms with Gasteiger partial charge in [0.1, 0.15) is 17.1 Å². The van der Waals surface area contributed by atoms with E-state index in [0.29, 0.717) is 47.5 Å². The number of anilines is 1. The number of pyridine rings is 1. The number of hydrogen-bond donors (Lipinski definition) is 1. The molecular weight excluding hydrogens is 370 g/mol. The summed E-state index contributed by atoms with van der Waals surface area (Å²) in [5.74, 6) is 0.793. The number of aromatic nitrogens is 2. The molecule has 144 valence electrons. The number of amides is 2. The summed E-state index contributed by atoms with van der Waals surface area (Å²) in [7, 11) is 0. The summed E-state index contributed by atoms with van der Waals surface area (Å²) in [5, 5.41) is 7.13. The van der Waals surface area contributed by atoms with Gasteiger partial charge in [-0.25, -0.2) is 4.98 Å². The van der Waals surface area contributed by atoms with Gasteiger partial charge in [-0.2, -0.15) is 0 Å². The van der Waals surface area contributed by atoms with Crippen LogP contribution in [0, 0.1) is 13.8 Å². The van der Waals surface area contributed by atoms with E-state index in [9.17, 15) is 9.59 Å². The second kappa shape index (κ2) is 8.49. The van der Waals surface area contributed by atoms with Crippen molar-refractivity contribution in [3.05, 3.63) is 40.4 Å². The summed E-state index contributed by atoms with van der Waals surface area (Å²) in [6.07, 6.45) is 2.28. The molecule has 1 aliphatic rings. The molecule has 2 amide bonds. The van der Waals surface area contributed by atoms with Crippen LogP contribution in [0.1, 0.15) is 28.2 Å². The molecular formula is C18H22ClN5O3. The van der Waals surface area contributed by atoms with Crippen LogP contribution in [0.15, 0.2) is 22.9 Å². The molecule has 0 unspecified atom stereocenters. The lowest BCUT2D eigenvalue weighted by Gasteiger charge is -2.21. The lowest BCUT2D eigenvalue weighted by molar-refractivity contribution is -0.117. The fourth-order valence-corrected chi connectivity index (χ4v) is 3.23. The number of nitrogens with one attached hydrogen (secondary N) is 1. The van der Waals surface area contributed by atoms with Gasteiger partial charge in [-0.15, -0.1) is 0 Å². The van der Waals surface area contributed by atoms with Gasteiger partial charge in [-0.1, -0.05) is 16.8 Å². The minimum atomic E-state index is -0.143. The molecule has 0 spiro atoms. The predicted molar refractivity (Wildman–Crippen MR) is 101 cm³/mol. The van der Waals surface area contributed by atoms with Crippen molar-refractivity contribution in [2.45, 2.75) is 20.3 Å². The number of hydrogen-bond acceptors (Lipinski definition) is 6. The summed E-state index contributed by atoms with van der Waals surface area (Å²) < 4.78 is 5.10. The first-order valence-corrected chi connectivity index (χ1v) is 9.17. The summed E-state index contributed by atoms with van der Waals surface area (Å²) in [5.41, 5.74) is 1.14. The maximum atomic E-state index is 12.8. The van der Waals surface area contributed by atoms with Crippen molar-refractivity contribution < 1.29 is 14.1 Å². The van der Waals surface area contributed by atoms with Gasteiger partial charge in [0.05, 0.1) is 17.3 Å². The molecule has 0 aromatic carbocycles. The Kier molecular flexibility index (Phi) is 6.08. The van der Waals surface area contributed by atoms with Gasteiger partial charge in [-0.05, 0) is 32.4 Å². The van der Waals surface area contributed by atoms with E-state index in [2.05, 4.69) is 15.5 Å². The van der Waals surface area contributed by atoms with E-state index >= 15 is 0 Å². The van der Waals surface area contributed by atoms with Crippen molar-refractivity contribution in [2.75, 3.05) is 38.0 Å². The second-order valence-electron chi connectivity index (χ2n) is 6.53. The molecule has 1 fully saturated rings. The summed E-state index contributed by atoms with van der Waals surface area (Å²) in [6.45, 7) is 6.31. The summed E-state index contributed by atoms with van der Waals surface area (Å²) >= 11 is 5.79. The first kappa shape index (κ1) is 19.3.